The van der Waals surface area contributed by atoms with Gasteiger partial charge < -0.3 is 4.74 Å². The molecule has 2 aliphatic rings. The largest absolute Gasteiger partial charge is 0.462 e. The van der Waals surface area contributed by atoms with Crippen LogP contribution in [0.1, 0.15) is 89.9 Å². The minimum Gasteiger partial charge on any atom is -0.462 e. The molecule has 146 valence electrons. The van der Waals surface area contributed by atoms with Gasteiger partial charge in [-0.3, -0.25) is 19.3 Å². The summed E-state index contributed by atoms with van der Waals surface area (Å²) in [5, 5.41) is 0. The van der Waals surface area contributed by atoms with E-state index in [1.165, 1.54) is 62.0 Å². The van der Waals surface area contributed by atoms with Gasteiger partial charge in [-0.1, -0.05) is 44.9 Å². The first-order valence-electron chi connectivity index (χ1n) is 10.4. The van der Waals surface area contributed by atoms with Crippen molar-refractivity contribution in [3.05, 3.63) is 12.2 Å². The lowest BCUT2D eigenvalue weighted by Gasteiger charge is -2.19. The van der Waals surface area contributed by atoms with Crippen molar-refractivity contribution < 1.29 is 19.1 Å². The number of hydrogen-bond acceptors (Lipinski definition) is 4. The fourth-order valence-corrected chi connectivity index (χ4v) is 3.68. The highest BCUT2D eigenvalue weighted by Gasteiger charge is 2.22. The average Bonchev–Trinajstić information content (AvgIpc) is 2.92. The van der Waals surface area contributed by atoms with Crippen LogP contribution in [0.4, 0.5) is 0 Å². The lowest BCUT2D eigenvalue weighted by Crippen LogP contribution is -2.30. The highest BCUT2D eigenvalue weighted by molar-refractivity contribution is 6.12. The van der Waals surface area contributed by atoms with Crippen LogP contribution < -0.4 is 0 Å². The third-order valence-electron chi connectivity index (χ3n) is 5.26. The number of unbranched alkanes of at least 4 members (excludes halogenated alkanes) is 1. The van der Waals surface area contributed by atoms with Crippen molar-refractivity contribution >= 4 is 17.8 Å². The molecule has 0 saturated heterocycles. The number of amides is 2. The second-order valence-electron chi connectivity index (χ2n) is 7.49. The Morgan fingerprint density at radius 3 is 1.88 bits per heavy atom. The molecule has 1 fully saturated rings. The van der Waals surface area contributed by atoms with Crippen LogP contribution in [0.2, 0.25) is 0 Å². The van der Waals surface area contributed by atoms with Gasteiger partial charge in [0.2, 0.25) is 0 Å². The van der Waals surface area contributed by atoms with E-state index in [0.29, 0.717) is 25.8 Å². The third kappa shape index (κ3) is 7.71. The van der Waals surface area contributed by atoms with Crippen LogP contribution in [0, 0.1) is 0 Å². The Bertz CT molecular complexity index is 470. The molecule has 1 heterocycles. The summed E-state index contributed by atoms with van der Waals surface area (Å²) in [5.41, 5.74) is 0. The number of carbonyl (C=O) groups excluding carboxylic acids is 3. The maximum atomic E-state index is 12.1. The average molecular weight is 363 g/mol. The monoisotopic (exact) mass is 363 g/mol. The van der Waals surface area contributed by atoms with Crippen LogP contribution in [0.3, 0.4) is 0 Å². The van der Waals surface area contributed by atoms with Crippen LogP contribution in [-0.4, -0.2) is 35.3 Å². The predicted molar refractivity (Wildman–Crippen MR) is 100 cm³/mol. The van der Waals surface area contributed by atoms with Crippen molar-refractivity contribution in [1.82, 2.24) is 4.90 Å². The highest BCUT2D eigenvalue weighted by atomic mass is 16.5. The Morgan fingerprint density at radius 1 is 0.846 bits per heavy atom. The second-order valence-corrected chi connectivity index (χ2v) is 7.49. The lowest BCUT2D eigenvalue weighted by atomic mass is 9.99. The summed E-state index contributed by atoms with van der Waals surface area (Å²) < 4.78 is 5.71. The molecule has 0 spiro atoms. The number of rotatable bonds is 6. The maximum absolute atomic E-state index is 12.1. The summed E-state index contributed by atoms with van der Waals surface area (Å²) in [6, 6.07) is 0. The highest BCUT2D eigenvalue weighted by Crippen LogP contribution is 2.19. The minimum absolute atomic E-state index is 0.0628. The van der Waals surface area contributed by atoms with E-state index in [1.807, 2.05) is 0 Å². The normalized spacial score (nSPS) is 20.7. The molecule has 2 rings (SSSR count). The standard InChI is InChI=1S/C21H33NO4/c23-19-15-16-20(24)22(19)17-11-10-14-21(25)26-18-12-8-6-4-2-1-3-5-7-9-13-18/h15-16,18H,1-14,17H2. The zero-order chi connectivity index (χ0) is 18.6. The van der Waals surface area contributed by atoms with Gasteiger partial charge in [-0.15, -0.1) is 0 Å². The summed E-state index contributed by atoms with van der Waals surface area (Å²) in [5.74, 6) is -0.657. The van der Waals surface area contributed by atoms with E-state index in [9.17, 15) is 14.4 Å². The Kier molecular flexibility index (Phi) is 9.43. The second kappa shape index (κ2) is 11.9. The van der Waals surface area contributed by atoms with E-state index >= 15 is 0 Å². The summed E-state index contributed by atoms with van der Waals surface area (Å²) in [4.78, 5) is 36.3. The van der Waals surface area contributed by atoms with E-state index in [-0.39, 0.29) is 23.9 Å². The Hall–Kier alpha value is -1.65. The van der Waals surface area contributed by atoms with Gasteiger partial charge in [0.05, 0.1) is 0 Å². The van der Waals surface area contributed by atoms with Crippen molar-refractivity contribution in [2.45, 2.75) is 96.0 Å². The first-order chi connectivity index (χ1) is 12.7. The van der Waals surface area contributed by atoms with Gasteiger partial charge in [-0.05, 0) is 38.5 Å². The molecular weight excluding hydrogens is 330 g/mol. The smallest absolute Gasteiger partial charge is 0.306 e. The summed E-state index contributed by atoms with van der Waals surface area (Å²) in [6.45, 7) is 0.376. The third-order valence-corrected chi connectivity index (χ3v) is 5.26. The summed E-state index contributed by atoms with van der Waals surface area (Å²) >= 11 is 0. The molecule has 0 unspecified atom stereocenters. The zero-order valence-electron chi connectivity index (χ0n) is 15.9. The number of nitrogens with zero attached hydrogens (tertiary/aromatic N) is 1. The van der Waals surface area contributed by atoms with Gasteiger partial charge in [0, 0.05) is 25.1 Å². The predicted octanol–water partition coefficient (Wildman–Crippen LogP) is 4.30. The number of hydrogen-bond donors (Lipinski definition) is 0. The van der Waals surface area contributed by atoms with Gasteiger partial charge in [-0.2, -0.15) is 0 Å². The first kappa shape index (κ1) is 20.7. The molecule has 0 atom stereocenters. The molecule has 1 aliphatic carbocycles. The minimum atomic E-state index is -0.259. The fraction of sp³-hybridized carbons (Fsp3) is 0.762. The molecule has 1 saturated carbocycles. The molecular formula is C21H33NO4. The summed E-state index contributed by atoms with van der Waals surface area (Å²) in [7, 11) is 0. The van der Waals surface area contributed by atoms with Gasteiger partial charge in [0.1, 0.15) is 6.10 Å². The molecule has 0 aromatic carbocycles. The number of imide groups is 1. The van der Waals surface area contributed by atoms with E-state index < -0.39 is 0 Å². The fourth-order valence-electron chi connectivity index (χ4n) is 3.68. The molecule has 5 heteroatoms. The Balaban J connectivity index is 1.62. The Labute approximate surface area is 157 Å². The number of ether oxygens (including phenoxy) is 1. The van der Waals surface area contributed by atoms with Crippen LogP contribution >= 0.6 is 0 Å². The quantitative estimate of drug-likeness (QED) is 0.401. The zero-order valence-corrected chi connectivity index (χ0v) is 15.9. The van der Waals surface area contributed by atoms with Crippen LogP contribution in [-0.2, 0) is 19.1 Å². The molecule has 0 radical (unpaired) electrons. The van der Waals surface area contributed by atoms with Gasteiger partial charge >= 0.3 is 5.97 Å². The molecule has 2 amide bonds. The van der Waals surface area contributed by atoms with Gasteiger partial charge in [0.25, 0.3) is 11.8 Å². The molecule has 26 heavy (non-hydrogen) atoms. The number of carbonyl (C=O) groups is 3. The molecule has 5 nitrogen and oxygen atoms in total. The van der Waals surface area contributed by atoms with Crippen molar-refractivity contribution in [3.8, 4) is 0 Å². The first-order valence-corrected chi connectivity index (χ1v) is 10.4. The topological polar surface area (TPSA) is 63.7 Å². The van der Waals surface area contributed by atoms with Crippen molar-refractivity contribution in [1.29, 1.82) is 0 Å². The van der Waals surface area contributed by atoms with E-state index in [1.54, 1.807) is 0 Å². The molecule has 1 aliphatic heterocycles. The number of esters is 1. The van der Waals surface area contributed by atoms with Crippen LogP contribution in [0.5, 0.6) is 0 Å². The maximum Gasteiger partial charge on any atom is 0.306 e. The molecule has 0 bridgehead atoms. The van der Waals surface area contributed by atoms with E-state index in [4.69, 9.17) is 4.74 Å². The van der Waals surface area contributed by atoms with Crippen LogP contribution in [0.15, 0.2) is 12.2 Å². The Morgan fingerprint density at radius 2 is 1.35 bits per heavy atom. The lowest BCUT2D eigenvalue weighted by molar-refractivity contribution is -0.150. The van der Waals surface area contributed by atoms with Crippen molar-refractivity contribution in [3.63, 3.8) is 0 Å². The van der Waals surface area contributed by atoms with Crippen LogP contribution in [0.25, 0.3) is 0 Å². The van der Waals surface area contributed by atoms with Gasteiger partial charge in [0.15, 0.2) is 0 Å². The SMILES string of the molecule is O=C(CCCCN1C(=O)C=CC1=O)OC1CCCCCCCCCCC1. The van der Waals surface area contributed by atoms with E-state index in [2.05, 4.69) is 0 Å². The summed E-state index contributed by atoms with van der Waals surface area (Å²) in [6.07, 6.45) is 17.6. The molecule has 0 N–H and O–H groups in total. The van der Waals surface area contributed by atoms with Crippen molar-refractivity contribution in [2.24, 2.45) is 0 Å². The molecule has 0 aromatic heterocycles. The van der Waals surface area contributed by atoms with Gasteiger partial charge in [-0.25, -0.2) is 0 Å². The van der Waals surface area contributed by atoms with Crippen molar-refractivity contribution in [2.75, 3.05) is 6.54 Å². The molecule has 0 aromatic rings. The van der Waals surface area contributed by atoms with E-state index in [0.717, 1.165) is 25.7 Å².